The molecule has 1 aromatic carbocycles. The number of hydrogen-bond acceptors (Lipinski definition) is 5. The SMILES string of the molecule is O=C(OC[C@H]1O[C@H](n2ccc(=O)[nH]c2=O)C[Se]1)c1ccccc1. The molecule has 1 fully saturated rings. The number of benzene rings is 1. The summed E-state index contributed by atoms with van der Waals surface area (Å²) in [6, 6.07) is 10.0. The number of H-pyrrole nitrogens is 1. The molecule has 2 aromatic rings. The molecule has 0 aliphatic carbocycles. The second-order valence-corrected chi connectivity index (χ2v) is 7.34. The molecule has 1 aliphatic rings. The molecule has 0 saturated carbocycles. The van der Waals surface area contributed by atoms with E-state index in [9.17, 15) is 14.4 Å². The van der Waals surface area contributed by atoms with Crippen molar-refractivity contribution in [2.24, 2.45) is 0 Å². The molecular weight excluding hydrogens is 367 g/mol. The molecule has 1 aliphatic heterocycles. The molecule has 0 radical (unpaired) electrons. The Hall–Kier alpha value is -2.15. The number of ether oxygens (including phenoxy) is 2. The fourth-order valence-electron chi connectivity index (χ4n) is 2.13. The summed E-state index contributed by atoms with van der Waals surface area (Å²) in [5.41, 5.74) is -0.449. The van der Waals surface area contributed by atoms with Crippen LogP contribution in [-0.2, 0) is 9.47 Å². The maximum atomic E-state index is 11.9. The van der Waals surface area contributed by atoms with Gasteiger partial charge < -0.3 is 0 Å². The van der Waals surface area contributed by atoms with Gasteiger partial charge in [0.15, 0.2) is 0 Å². The Morgan fingerprint density at radius 1 is 1.30 bits per heavy atom. The molecule has 2 heterocycles. The molecule has 3 rings (SSSR count). The second-order valence-electron chi connectivity index (χ2n) is 4.84. The van der Waals surface area contributed by atoms with Crippen molar-refractivity contribution in [1.29, 1.82) is 0 Å². The maximum absolute atomic E-state index is 11.9. The van der Waals surface area contributed by atoms with E-state index in [2.05, 4.69) is 4.98 Å². The molecule has 0 spiro atoms. The van der Waals surface area contributed by atoms with E-state index >= 15 is 0 Å². The van der Waals surface area contributed by atoms with E-state index in [1.54, 1.807) is 24.3 Å². The number of aromatic amines is 1. The fraction of sp³-hybridized carbons (Fsp3) is 0.267. The number of hydrogen-bond donors (Lipinski definition) is 1. The second kappa shape index (κ2) is 6.95. The van der Waals surface area contributed by atoms with Crippen LogP contribution in [0.1, 0.15) is 16.6 Å². The van der Waals surface area contributed by atoms with Crippen LogP contribution in [0.15, 0.2) is 52.2 Å². The topological polar surface area (TPSA) is 90.4 Å². The number of aromatic nitrogens is 2. The third-order valence-corrected chi connectivity index (χ3v) is 5.56. The summed E-state index contributed by atoms with van der Waals surface area (Å²) < 4.78 is 12.3. The Labute approximate surface area is 137 Å². The summed E-state index contributed by atoms with van der Waals surface area (Å²) in [6.45, 7) is 0.155. The standard InChI is InChI=1S/C15H14N2O5Se/c18-11-6-7-17(15(20)16-11)12-9-23-13(22-12)8-21-14(19)10-4-2-1-3-5-10/h1-7,12-13H,8-9H2,(H,16,18,20)/t12-,13-/m0/s1. The average molecular weight is 381 g/mol. The van der Waals surface area contributed by atoms with Crippen LogP contribution in [0.25, 0.3) is 0 Å². The molecule has 8 heteroatoms. The van der Waals surface area contributed by atoms with Crippen molar-refractivity contribution in [3.05, 3.63) is 69.0 Å². The van der Waals surface area contributed by atoms with E-state index in [0.717, 1.165) is 0 Å². The van der Waals surface area contributed by atoms with Crippen LogP contribution in [-0.4, -0.2) is 42.1 Å². The first-order valence-corrected chi connectivity index (χ1v) is 9.14. The Bertz CT molecular complexity index is 801. The third kappa shape index (κ3) is 3.79. The summed E-state index contributed by atoms with van der Waals surface area (Å²) in [5, 5.41) is 0.464. The number of carbonyl (C=O) groups is 1. The molecule has 0 unspecified atom stereocenters. The number of rotatable bonds is 4. The van der Waals surface area contributed by atoms with Crippen LogP contribution >= 0.6 is 0 Å². The molecule has 0 amide bonds. The van der Waals surface area contributed by atoms with Crippen LogP contribution in [0.3, 0.4) is 0 Å². The van der Waals surface area contributed by atoms with Gasteiger partial charge in [0.2, 0.25) is 0 Å². The van der Waals surface area contributed by atoms with Crippen molar-refractivity contribution in [1.82, 2.24) is 9.55 Å². The molecule has 0 bridgehead atoms. The van der Waals surface area contributed by atoms with Gasteiger partial charge in [0.1, 0.15) is 0 Å². The first-order chi connectivity index (χ1) is 11.1. The van der Waals surface area contributed by atoms with Gasteiger partial charge in [0, 0.05) is 0 Å². The first-order valence-electron chi connectivity index (χ1n) is 6.94. The molecule has 23 heavy (non-hydrogen) atoms. The minimum atomic E-state index is -0.500. The zero-order valence-electron chi connectivity index (χ0n) is 12.0. The Kier molecular flexibility index (Phi) is 4.76. The van der Waals surface area contributed by atoms with Crippen LogP contribution < -0.4 is 11.2 Å². The fourth-order valence-corrected chi connectivity index (χ4v) is 4.21. The van der Waals surface area contributed by atoms with E-state index < -0.39 is 23.4 Å². The average Bonchev–Trinajstić information content (AvgIpc) is 3.02. The van der Waals surface area contributed by atoms with Crippen LogP contribution in [0.2, 0.25) is 5.32 Å². The van der Waals surface area contributed by atoms with Crippen LogP contribution in [0.5, 0.6) is 0 Å². The quantitative estimate of drug-likeness (QED) is 0.611. The van der Waals surface area contributed by atoms with Crippen molar-refractivity contribution in [3.63, 3.8) is 0 Å². The van der Waals surface area contributed by atoms with E-state index in [1.807, 2.05) is 6.07 Å². The molecule has 1 saturated heterocycles. The number of carbonyl (C=O) groups excluding carboxylic acids is 1. The molecule has 1 N–H and O–H groups in total. The minimum absolute atomic E-state index is 0.0806. The molecule has 2 atom stereocenters. The van der Waals surface area contributed by atoms with E-state index in [-0.39, 0.29) is 26.6 Å². The number of nitrogens with one attached hydrogen (secondary N) is 1. The van der Waals surface area contributed by atoms with Gasteiger partial charge in [-0.05, 0) is 0 Å². The van der Waals surface area contributed by atoms with E-state index in [1.165, 1.54) is 16.8 Å². The van der Waals surface area contributed by atoms with Crippen molar-refractivity contribution < 1.29 is 14.3 Å². The van der Waals surface area contributed by atoms with Gasteiger partial charge in [-0.25, -0.2) is 0 Å². The van der Waals surface area contributed by atoms with Gasteiger partial charge in [0.25, 0.3) is 0 Å². The van der Waals surface area contributed by atoms with Gasteiger partial charge >= 0.3 is 137 Å². The Balaban J connectivity index is 1.57. The van der Waals surface area contributed by atoms with Crippen molar-refractivity contribution in [2.45, 2.75) is 16.5 Å². The Morgan fingerprint density at radius 3 is 2.83 bits per heavy atom. The van der Waals surface area contributed by atoms with Crippen LogP contribution in [0.4, 0.5) is 0 Å². The normalized spacial score (nSPS) is 20.3. The van der Waals surface area contributed by atoms with Gasteiger partial charge in [-0.2, -0.15) is 0 Å². The van der Waals surface area contributed by atoms with Gasteiger partial charge in [0.05, 0.1) is 0 Å². The van der Waals surface area contributed by atoms with Crippen LogP contribution in [0, 0.1) is 0 Å². The summed E-state index contributed by atoms with van der Waals surface area (Å²) in [6.07, 6.45) is 0.986. The summed E-state index contributed by atoms with van der Waals surface area (Å²) in [4.78, 5) is 36.9. The third-order valence-electron chi connectivity index (χ3n) is 3.25. The zero-order valence-corrected chi connectivity index (χ0v) is 13.7. The van der Waals surface area contributed by atoms with Gasteiger partial charge in [-0.15, -0.1) is 0 Å². The predicted octanol–water partition coefficient (Wildman–Crippen LogP) is 0.371. The number of nitrogens with zero attached hydrogens (tertiary/aromatic N) is 1. The number of esters is 1. The summed E-state index contributed by atoms with van der Waals surface area (Å²) in [5.74, 6) is -0.394. The zero-order chi connectivity index (χ0) is 16.2. The van der Waals surface area contributed by atoms with Gasteiger partial charge in [-0.3, -0.25) is 0 Å². The van der Waals surface area contributed by atoms with Crippen molar-refractivity contribution in [3.8, 4) is 0 Å². The van der Waals surface area contributed by atoms with Crippen molar-refractivity contribution >= 4 is 20.9 Å². The van der Waals surface area contributed by atoms with E-state index in [4.69, 9.17) is 9.47 Å². The van der Waals surface area contributed by atoms with E-state index in [0.29, 0.717) is 10.9 Å². The predicted molar refractivity (Wildman–Crippen MR) is 82.5 cm³/mol. The monoisotopic (exact) mass is 382 g/mol. The molecule has 120 valence electrons. The molecule has 1 aromatic heterocycles. The van der Waals surface area contributed by atoms with Gasteiger partial charge in [-0.1, -0.05) is 0 Å². The summed E-state index contributed by atoms with van der Waals surface area (Å²) >= 11 is 0.0806. The summed E-state index contributed by atoms with van der Waals surface area (Å²) in [7, 11) is 0. The van der Waals surface area contributed by atoms with Crippen molar-refractivity contribution in [2.75, 3.05) is 6.61 Å². The first kappa shape index (κ1) is 15.7. The Morgan fingerprint density at radius 2 is 2.09 bits per heavy atom. The molecular formula is C15H14N2O5Se. The molecule has 7 nitrogen and oxygen atoms in total.